The second kappa shape index (κ2) is 8.92. The van der Waals surface area contributed by atoms with Crippen molar-refractivity contribution >= 4 is 21.8 Å². The van der Waals surface area contributed by atoms with Crippen LogP contribution in [0.3, 0.4) is 0 Å². The quantitative estimate of drug-likeness (QED) is 0.401. The second-order valence-corrected chi connectivity index (χ2v) is 7.74. The third kappa shape index (κ3) is 4.72. The van der Waals surface area contributed by atoms with Gasteiger partial charge in [-0.1, -0.05) is 0 Å². The first-order valence-corrected chi connectivity index (χ1v) is 9.56. The van der Waals surface area contributed by atoms with Crippen molar-refractivity contribution in [2.45, 2.75) is 11.8 Å². The number of benzene rings is 1. The molecule has 2 rings (SSSR count). The van der Waals surface area contributed by atoms with Crippen LogP contribution in [-0.2, 0) is 24.3 Å². The van der Waals surface area contributed by atoms with Crippen LogP contribution in [0.5, 0.6) is 0 Å². The molecule has 1 saturated heterocycles. The molecule has 9 nitrogen and oxygen atoms in total. The van der Waals surface area contributed by atoms with Crippen LogP contribution < -0.4 is 5.73 Å². The second-order valence-electron chi connectivity index (χ2n) is 5.83. The number of sulfonamides is 1. The van der Waals surface area contributed by atoms with Crippen molar-refractivity contribution in [3.05, 3.63) is 40.8 Å². The molecule has 0 amide bonds. The molecule has 0 atom stereocenters. The number of ether oxygens (including phenoxy) is 2. The molecule has 0 aliphatic carbocycles. The lowest BCUT2D eigenvalue weighted by molar-refractivity contribution is -0.118. The summed E-state index contributed by atoms with van der Waals surface area (Å²) in [6.45, 7) is 1.07. The maximum absolute atomic E-state index is 14.1. The summed E-state index contributed by atoms with van der Waals surface area (Å²) >= 11 is 0. The van der Waals surface area contributed by atoms with Gasteiger partial charge >= 0.3 is 5.97 Å². The van der Waals surface area contributed by atoms with E-state index in [1.165, 1.54) is 6.92 Å². The molecule has 1 aromatic carbocycles. The van der Waals surface area contributed by atoms with E-state index in [0.717, 1.165) is 22.5 Å². The summed E-state index contributed by atoms with van der Waals surface area (Å²) in [6.07, 6.45) is 0. The van der Waals surface area contributed by atoms with Crippen molar-refractivity contribution in [3.63, 3.8) is 0 Å². The van der Waals surface area contributed by atoms with E-state index in [1.54, 1.807) is 6.07 Å². The van der Waals surface area contributed by atoms with Gasteiger partial charge in [-0.3, -0.25) is 4.79 Å². The van der Waals surface area contributed by atoms with Gasteiger partial charge in [-0.05, 0) is 25.1 Å². The molecule has 0 unspecified atom stereocenters. The van der Waals surface area contributed by atoms with Gasteiger partial charge in [0, 0.05) is 18.8 Å². The van der Waals surface area contributed by atoms with E-state index in [4.69, 9.17) is 20.5 Å². The number of allylic oxidation sites excluding steroid dienone is 1. The van der Waals surface area contributed by atoms with E-state index < -0.39 is 39.1 Å². The minimum absolute atomic E-state index is 0.0239. The zero-order valence-electron chi connectivity index (χ0n) is 15.0. The molecule has 0 saturated carbocycles. The number of esters is 1. The number of carbonyl (C=O) groups is 2. The maximum atomic E-state index is 14.1. The van der Waals surface area contributed by atoms with Crippen molar-refractivity contribution in [3.8, 4) is 6.07 Å². The molecule has 2 N–H and O–H groups in total. The Morgan fingerprint density at radius 1 is 1.36 bits per heavy atom. The van der Waals surface area contributed by atoms with E-state index in [1.807, 2.05) is 0 Å². The molecule has 0 bridgehead atoms. The van der Waals surface area contributed by atoms with Crippen molar-refractivity contribution in [1.29, 1.82) is 5.26 Å². The first-order chi connectivity index (χ1) is 13.2. The van der Waals surface area contributed by atoms with Crippen molar-refractivity contribution < 1.29 is 31.9 Å². The van der Waals surface area contributed by atoms with Gasteiger partial charge in [0.05, 0.1) is 18.8 Å². The van der Waals surface area contributed by atoms with Crippen LogP contribution in [0, 0.1) is 17.1 Å². The molecule has 150 valence electrons. The largest absolute Gasteiger partial charge is 0.454 e. The number of nitrogens with zero attached hydrogens (tertiary/aromatic N) is 2. The number of carbonyl (C=O) groups excluding carboxylic acids is 2. The fourth-order valence-electron chi connectivity index (χ4n) is 2.41. The van der Waals surface area contributed by atoms with Crippen molar-refractivity contribution in [2.75, 3.05) is 32.9 Å². The normalized spacial score (nSPS) is 16.0. The number of Topliss-reactive ketones (excluding diaryl/α,β-unsaturated/α-hetero) is 1. The Hall–Kier alpha value is -2.81. The lowest BCUT2D eigenvalue weighted by Crippen LogP contribution is -2.41. The predicted molar refractivity (Wildman–Crippen MR) is 93.8 cm³/mol. The smallest absolute Gasteiger partial charge is 0.338 e. The number of nitrogens with two attached hydrogens (primary N) is 1. The van der Waals surface area contributed by atoms with Crippen molar-refractivity contribution in [2.24, 2.45) is 5.73 Å². The van der Waals surface area contributed by atoms with Crippen LogP contribution in [0.25, 0.3) is 0 Å². The van der Waals surface area contributed by atoms with Gasteiger partial charge in [0.1, 0.15) is 22.4 Å². The molecule has 0 radical (unpaired) electrons. The summed E-state index contributed by atoms with van der Waals surface area (Å²) < 4.78 is 50.3. The Kier molecular flexibility index (Phi) is 6.85. The highest BCUT2D eigenvalue weighted by molar-refractivity contribution is 7.89. The SMILES string of the molecule is C/C(N)=C(/C#N)C(=O)COC(=O)c1ccc(F)c(S(=O)(=O)N2CCOCC2)c1. The zero-order valence-corrected chi connectivity index (χ0v) is 15.8. The highest BCUT2D eigenvalue weighted by atomic mass is 32.2. The number of nitriles is 1. The lowest BCUT2D eigenvalue weighted by Gasteiger charge is -2.26. The highest BCUT2D eigenvalue weighted by Gasteiger charge is 2.30. The molecule has 11 heteroatoms. The fourth-order valence-corrected chi connectivity index (χ4v) is 3.91. The molecule has 1 heterocycles. The first kappa shape index (κ1) is 21.5. The molecule has 1 aliphatic rings. The Morgan fingerprint density at radius 3 is 2.57 bits per heavy atom. The fraction of sp³-hybridized carbons (Fsp3) is 0.353. The average molecular weight is 411 g/mol. The van der Waals surface area contributed by atoms with E-state index in [2.05, 4.69) is 0 Å². The maximum Gasteiger partial charge on any atom is 0.338 e. The van der Waals surface area contributed by atoms with E-state index >= 15 is 0 Å². The van der Waals surface area contributed by atoms with Gasteiger partial charge in [0.2, 0.25) is 15.8 Å². The number of halogens is 1. The van der Waals surface area contributed by atoms with E-state index in [-0.39, 0.29) is 43.1 Å². The lowest BCUT2D eigenvalue weighted by atomic mass is 10.1. The number of hydrogen-bond donors (Lipinski definition) is 1. The Bertz CT molecular complexity index is 958. The van der Waals surface area contributed by atoms with Gasteiger partial charge in [-0.25, -0.2) is 17.6 Å². The van der Waals surface area contributed by atoms with Gasteiger partial charge in [0.25, 0.3) is 0 Å². The number of rotatable bonds is 6. The van der Waals surface area contributed by atoms with Crippen LogP contribution in [0.15, 0.2) is 34.4 Å². The summed E-state index contributed by atoms with van der Waals surface area (Å²) in [7, 11) is -4.17. The summed E-state index contributed by atoms with van der Waals surface area (Å²) in [5, 5.41) is 8.86. The van der Waals surface area contributed by atoms with Crippen LogP contribution in [0.4, 0.5) is 4.39 Å². The molecule has 1 aromatic rings. The topological polar surface area (TPSA) is 140 Å². The standard InChI is InChI=1S/C17H18FN3O6S/c1-11(20)13(9-19)15(22)10-27-17(23)12-2-3-14(18)16(8-12)28(24,25)21-4-6-26-7-5-21/h2-3,8H,4-7,10,20H2,1H3/b13-11+. The van der Waals surface area contributed by atoms with Gasteiger partial charge in [-0.2, -0.15) is 9.57 Å². The molecule has 0 spiro atoms. The molecule has 1 aliphatic heterocycles. The minimum atomic E-state index is -4.17. The molecule has 1 fully saturated rings. The molecule has 28 heavy (non-hydrogen) atoms. The summed E-state index contributed by atoms with van der Waals surface area (Å²) in [5.74, 6) is -2.87. The van der Waals surface area contributed by atoms with Gasteiger partial charge in [-0.15, -0.1) is 0 Å². The summed E-state index contributed by atoms with van der Waals surface area (Å²) in [6, 6.07) is 4.32. The van der Waals surface area contributed by atoms with Gasteiger partial charge < -0.3 is 15.2 Å². The third-order valence-electron chi connectivity index (χ3n) is 3.87. The zero-order chi connectivity index (χ0) is 20.9. The average Bonchev–Trinajstić information content (AvgIpc) is 2.67. The Labute approximate surface area is 161 Å². The van der Waals surface area contributed by atoms with Crippen LogP contribution in [0.2, 0.25) is 0 Å². The van der Waals surface area contributed by atoms with Gasteiger partial charge in [0.15, 0.2) is 6.61 Å². The molecular weight excluding hydrogens is 393 g/mol. The Morgan fingerprint density at radius 2 is 2.00 bits per heavy atom. The third-order valence-corrected chi connectivity index (χ3v) is 5.79. The predicted octanol–water partition coefficient (Wildman–Crippen LogP) is 0.329. The van der Waals surface area contributed by atoms with E-state index in [0.29, 0.717) is 0 Å². The van der Waals surface area contributed by atoms with E-state index in [9.17, 15) is 22.4 Å². The van der Waals surface area contributed by atoms with Crippen LogP contribution >= 0.6 is 0 Å². The number of hydrogen-bond acceptors (Lipinski definition) is 8. The first-order valence-electron chi connectivity index (χ1n) is 8.12. The summed E-state index contributed by atoms with van der Waals surface area (Å²) in [5.41, 5.74) is 4.77. The number of ketones is 1. The molecule has 0 aromatic heterocycles. The monoisotopic (exact) mass is 411 g/mol. The Balaban J connectivity index is 2.20. The number of morpholine rings is 1. The van der Waals surface area contributed by atoms with Crippen LogP contribution in [0.1, 0.15) is 17.3 Å². The molecular formula is C17H18FN3O6S. The van der Waals surface area contributed by atoms with Crippen molar-refractivity contribution in [1.82, 2.24) is 4.31 Å². The minimum Gasteiger partial charge on any atom is -0.454 e. The summed E-state index contributed by atoms with van der Waals surface area (Å²) in [4.78, 5) is 23.3. The highest BCUT2D eigenvalue weighted by Crippen LogP contribution is 2.22. The van der Waals surface area contributed by atoms with Crippen LogP contribution in [-0.4, -0.2) is 57.4 Å².